The molecule has 1 heterocycles. The highest BCUT2D eigenvalue weighted by molar-refractivity contribution is 9.10. The number of amides is 1. The van der Waals surface area contributed by atoms with Gasteiger partial charge in [-0.25, -0.2) is 0 Å². The van der Waals surface area contributed by atoms with Gasteiger partial charge in [0.05, 0.1) is 12.2 Å². The van der Waals surface area contributed by atoms with Gasteiger partial charge in [0.15, 0.2) is 0 Å². The number of anilines is 1. The van der Waals surface area contributed by atoms with E-state index in [-0.39, 0.29) is 5.91 Å². The zero-order valence-electron chi connectivity index (χ0n) is 10.4. The van der Waals surface area contributed by atoms with Crippen LogP contribution in [-0.2, 0) is 4.74 Å². The van der Waals surface area contributed by atoms with Gasteiger partial charge < -0.3 is 15.4 Å². The summed E-state index contributed by atoms with van der Waals surface area (Å²) in [6, 6.07) is 5.31. The Morgan fingerprint density at radius 3 is 3.11 bits per heavy atom. The first kappa shape index (κ1) is 13.4. The summed E-state index contributed by atoms with van der Waals surface area (Å²) < 4.78 is 5.92. The molecule has 4 nitrogen and oxygen atoms in total. The highest BCUT2D eigenvalue weighted by atomic mass is 79.9. The van der Waals surface area contributed by atoms with Crippen molar-refractivity contribution in [3.8, 4) is 0 Å². The van der Waals surface area contributed by atoms with Gasteiger partial charge in [0.2, 0.25) is 0 Å². The highest BCUT2D eigenvalue weighted by Crippen LogP contribution is 2.24. The first-order valence-corrected chi connectivity index (χ1v) is 6.74. The number of methoxy groups -OCH3 is 1. The molecule has 1 saturated heterocycles. The molecule has 2 N–H and O–H groups in total. The maximum atomic E-state index is 12.4. The van der Waals surface area contributed by atoms with Crippen molar-refractivity contribution in [1.82, 2.24) is 4.90 Å². The fraction of sp³-hybridized carbons (Fsp3) is 0.462. The molecule has 1 aromatic carbocycles. The SMILES string of the molecule is COCC1CCN(C(=O)c2cc(N)ccc2Br)C1. The van der Waals surface area contributed by atoms with Crippen LogP contribution in [0.25, 0.3) is 0 Å². The monoisotopic (exact) mass is 312 g/mol. The average Bonchev–Trinajstić information content (AvgIpc) is 2.80. The molecule has 1 atom stereocenters. The fourth-order valence-electron chi connectivity index (χ4n) is 2.27. The number of ether oxygens (including phenoxy) is 1. The number of hydrogen-bond donors (Lipinski definition) is 1. The smallest absolute Gasteiger partial charge is 0.255 e. The average molecular weight is 313 g/mol. The summed E-state index contributed by atoms with van der Waals surface area (Å²) in [6.07, 6.45) is 1.000. The number of likely N-dealkylation sites (tertiary alicyclic amines) is 1. The molecule has 1 fully saturated rings. The molecule has 0 aromatic heterocycles. The molecule has 1 aromatic rings. The molecule has 1 unspecified atom stereocenters. The van der Waals surface area contributed by atoms with Crippen molar-refractivity contribution >= 4 is 27.5 Å². The molecule has 2 rings (SSSR count). The van der Waals surface area contributed by atoms with Gasteiger partial charge in [-0.15, -0.1) is 0 Å². The van der Waals surface area contributed by atoms with Gasteiger partial charge in [-0.1, -0.05) is 0 Å². The lowest BCUT2D eigenvalue weighted by molar-refractivity contribution is 0.0774. The van der Waals surface area contributed by atoms with Crippen LogP contribution in [-0.4, -0.2) is 37.6 Å². The summed E-state index contributed by atoms with van der Waals surface area (Å²) in [5.41, 5.74) is 6.97. The van der Waals surface area contributed by atoms with Gasteiger partial charge >= 0.3 is 0 Å². The largest absolute Gasteiger partial charge is 0.399 e. The maximum absolute atomic E-state index is 12.4. The van der Waals surface area contributed by atoms with Gasteiger partial charge in [0.25, 0.3) is 5.91 Å². The normalized spacial score (nSPS) is 19.2. The lowest BCUT2D eigenvalue weighted by Crippen LogP contribution is -2.29. The Bertz CT molecular complexity index is 451. The Labute approximate surface area is 115 Å². The van der Waals surface area contributed by atoms with E-state index in [0.29, 0.717) is 23.8 Å². The van der Waals surface area contributed by atoms with Crippen LogP contribution in [0.4, 0.5) is 5.69 Å². The predicted octanol–water partition coefficient (Wildman–Crippen LogP) is 2.14. The summed E-state index contributed by atoms with van der Waals surface area (Å²) in [4.78, 5) is 14.2. The fourth-order valence-corrected chi connectivity index (χ4v) is 2.68. The summed E-state index contributed by atoms with van der Waals surface area (Å²) in [5, 5.41) is 0. The molecule has 18 heavy (non-hydrogen) atoms. The van der Waals surface area contributed by atoms with Gasteiger partial charge in [-0.05, 0) is 40.5 Å². The van der Waals surface area contributed by atoms with Crippen LogP contribution in [0.15, 0.2) is 22.7 Å². The van der Waals surface area contributed by atoms with Crippen LogP contribution in [0.2, 0.25) is 0 Å². The summed E-state index contributed by atoms with van der Waals surface area (Å²) in [7, 11) is 1.69. The van der Waals surface area contributed by atoms with Crippen LogP contribution in [0.3, 0.4) is 0 Å². The molecule has 0 spiro atoms. The molecule has 1 amide bonds. The molecule has 0 bridgehead atoms. The Morgan fingerprint density at radius 1 is 1.61 bits per heavy atom. The molecule has 5 heteroatoms. The van der Waals surface area contributed by atoms with Crippen molar-refractivity contribution in [1.29, 1.82) is 0 Å². The predicted molar refractivity (Wildman–Crippen MR) is 74.4 cm³/mol. The standard InChI is InChI=1S/C13H17BrN2O2/c1-18-8-9-4-5-16(7-9)13(17)11-6-10(15)2-3-12(11)14/h2-3,6,9H,4-5,7-8,15H2,1H3. The van der Waals surface area contributed by atoms with E-state index >= 15 is 0 Å². The number of benzene rings is 1. The van der Waals surface area contributed by atoms with E-state index in [1.54, 1.807) is 19.2 Å². The zero-order valence-corrected chi connectivity index (χ0v) is 11.9. The van der Waals surface area contributed by atoms with Crippen molar-refractivity contribution in [3.05, 3.63) is 28.2 Å². The van der Waals surface area contributed by atoms with E-state index in [0.717, 1.165) is 24.0 Å². The molecule has 1 aliphatic heterocycles. The summed E-state index contributed by atoms with van der Waals surface area (Å²) >= 11 is 3.40. The lowest BCUT2D eigenvalue weighted by atomic mass is 10.1. The second-order valence-corrected chi connectivity index (χ2v) is 5.45. The van der Waals surface area contributed by atoms with Crippen molar-refractivity contribution in [2.45, 2.75) is 6.42 Å². The minimum absolute atomic E-state index is 0.0350. The Hall–Kier alpha value is -1.07. The molecule has 0 radical (unpaired) electrons. The number of halogens is 1. The number of carbonyl (C=O) groups is 1. The molecule has 0 aliphatic carbocycles. The third kappa shape index (κ3) is 2.84. The van der Waals surface area contributed by atoms with Gasteiger partial charge in [0, 0.05) is 36.3 Å². The third-order valence-electron chi connectivity index (χ3n) is 3.20. The number of nitrogens with two attached hydrogens (primary N) is 1. The van der Waals surface area contributed by atoms with E-state index in [2.05, 4.69) is 15.9 Å². The van der Waals surface area contributed by atoms with E-state index in [1.807, 2.05) is 11.0 Å². The minimum atomic E-state index is 0.0350. The molecular weight excluding hydrogens is 296 g/mol. The van der Waals surface area contributed by atoms with Crippen LogP contribution in [0.1, 0.15) is 16.8 Å². The molecule has 0 saturated carbocycles. The first-order valence-electron chi connectivity index (χ1n) is 5.95. The number of rotatable bonds is 3. The van der Waals surface area contributed by atoms with Crippen molar-refractivity contribution in [3.63, 3.8) is 0 Å². The number of carbonyl (C=O) groups excluding carboxylic acids is 1. The van der Waals surface area contributed by atoms with Gasteiger partial charge in [0.1, 0.15) is 0 Å². The second kappa shape index (κ2) is 5.71. The lowest BCUT2D eigenvalue weighted by Gasteiger charge is -2.17. The summed E-state index contributed by atoms with van der Waals surface area (Å²) in [5.74, 6) is 0.478. The number of nitrogen functional groups attached to an aromatic ring is 1. The number of nitrogens with zero attached hydrogens (tertiary/aromatic N) is 1. The van der Waals surface area contributed by atoms with E-state index in [9.17, 15) is 4.79 Å². The molecule has 98 valence electrons. The zero-order chi connectivity index (χ0) is 13.1. The van der Waals surface area contributed by atoms with Crippen molar-refractivity contribution in [2.75, 3.05) is 32.5 Å². The maximum Gasteiger partial charge on any atom is 0.255 e. The first-order chi connectivity index (χ1) is 8.61. The van der Waals surface area contributed by atoms with Crippen LogP contribution in [0, 0.1) is 5.92 Å². The summed E-state index contributed by atoms with van der Waals surface area (Å²) in [6.45, 7) is 2.25. The Balaban J connectivity index is 2.10. The number of hydrogen-bond acceptors (Lipinski definition) is 3. The van der Waals surface area contributed by atoms with E-state index in [1.165, 1.54) is 0 Å². The molecular formula is C13H17BrN2O2. The topological polar surface area (TPSA) is 55.6 Å². The highest BCUT2D eigenvalue weighted by Gasteiger charge is 2.27. The Kier molecular flexibility index (Phi) is 4.24. The quantitative estimate of drug-likeness (QED) is 0.870. The molecule has 1 aliphatic rings. The third-order valence-corrected chi connectivity index (χ3v) is 3.89. The van der Waals surface area contributed by atoms with E-state index in [4.69, 9.17) is 10.5 Å². The minimum Gasteiger partial charge on any atom is -0.399 e. The van der Waals surface area contributed by atoms with Crippen LogP contribution >= 0.6 is 15.9 Å². The van der Waals surface area contributed by atoms with Crippen LogP contribution < -0.4 is 5.73 Å². The van der Waals surface area contributed by atoms with E-state index < -0.39 is 0 Å². The second-order valence-electron chi connectivity index (χ2n) is 4.60. The Morgan fingerprint density at radius 2 is 2.39 bits per heavy atom. The van der Waals surface area contributed by atoms with Crippen molar-refractivity contribution < 1.29 is 9.53 Å². The van der Waals surface area contributed by atoms with Gasteiger partial charge in [-0.3, -0.25) is 4.79 Å². The van der Waals surface area contributed by atoms with Gasteiger partial charge in [-0.2, -0.15) is 0 Å². The van der Waals surface area contributed by atoms with Crippen LogP contribution in [0.5, 0.6) is 0 Å². The van der Waals surface area contributed by atoms with Crippen molar-refractivity contribution in [2.24, 2.45) is 5.92 Å².